The van der Waals surface area contributed by atoms with Crippen molar-refractivity contribution in [1.82, 2.24) is 0 Å². The number of carbonyl (C=O) groups excluding carboxylic acids is 2. The van der Waals surface area contributed by atoms with Crippen molar-refractivity contribution >= 4 is 17.6 Å². The van der Waals surface area contributed by atoms with Gasteiger partial charge in [0.05, 0.1) is 38.0 Å². The molecule has 1 fully saturated rings. The molecule has 1 aliphatic heterocycles. The average Bonchev–Trinajstić information content (AvgIpc) is 2.97. The number of halogens is 1. The predicted octanol–water partition coefficient (Wildman–Crippen LogP) is 2.49. The lowest BCUT2D eigenvalue weighted by molar-refractivity contribution is -0.907. The maximum Gasteiger partial charge on any atom is 0.340 e. The molecule has 2 rings (SSSR count). The van der Waals surface area contributed by atoms with Crippen LogP contribution in [0.4, 0.5) is 10.1 Å². The average molecular weight is 323 g/mol. The highest BCUT2D eigenvalue weighted by atomic mass is 19.1. The van der Waals surface area contributed by atoms with Gasteiger partial charge >= 0.3 is 5.97 Å². The van der Waals surface area contributed by atoms with Gasteiger partial charge in [-0.1, -0.05) is 0 Å². The number of ether oxygens (including phenoxy) is 1. The van der Waals surface area contributed by atoms with Gasteiger partial charge in [0, 0.05) is 12.8 Å². The first kappa shape index (κ1) is 17.4. The monoisotopic (exact) mass is 323 g/mol. The molecule has 126 valence electrons. The largest absolute Gasteiger partial charge is 0.465 e. The fraction of sp³-hybridized carbons (Fsp3) is 0.529. The minimum Gasteiger partial charge on any atom is -0.465 e. The van der Waals surface area contributed by atoms with Crippen molar-refractivity contribution in [2.45, 2.75) is 26.7 Å². The molecule has 1 amide bonds. The van der Waals surface area contributed by atoms with Crippen molar-refractivity contribution in [2.24, 2.45) is 0 Å². The van der Waals surface area contributed by atoms with Gasteiger partial charge in [-0.05, 0) is 31.5 Å². The zero-order valence-electron chi connectivity index (χ0n) is 13.9. The van der Waals surface area contributed by atoms with E-state index in [4.69, 9.17) is 0 Å². The van der Waals surface area contributed by atoms with Gasteiger partial charge in [-0.15, -0.1) is 0 Å². The van der Waals surface area contributed by atoms with Crippen molar-refractivity contribution in [3.63, 3.8) is 0 Å². The van der Waals surface area contributed by atoms with Gasteiger partial charge in [0.25, 0.3) is 5.91 Å². The van der Waals surface area contributed by atoms with Crippen molar-refractivity contribution in [3.8, 4) is 0 Å². The number of quaternary nitrogens is 1. The van der Waals surface area contributed by atoms with E-state index < -0.39 is 11.8 Å². The molecule has 1 aromatic rings. The van der Waals surface area contributed by atoms with E-state index >= 15 is 0 Å². The predicted molar refractivity (Wildman–Crippen MR) is 85.7 cm³/mol. The van der Waals surface area contributed by atoms with E-state index in [2.05, 4.69) is 17.0 Å². The zero-order chi connectivity index (χ0) is 17.0. The molecule has 0 spiro atoms. The molecule has 0 unspecified atom stereocenters. The SMILES string of the molecule is CC[N+]1(CC(=O)Nc2c(C)cc(F)cc2C(=O)OC)CCCC1. The van der Waals surface area contributed by atoms with Crippen molar-refractivity contribution in [3.05, 3.63) is 29.1 Å². The summed E-state index contributed by atoms with van der Waals surface area (Å²) < 4.78 is 19.0. The van der Waals surface area contributed by atoms with Gasteiger partial charge in [-0.2, -0.15) is 0 Å². The maximum absolute atomic E-state index is 13.6. The smallest absolute Gasteiger partial charge is 0.340 e. The molecule has 0 saturated carbocycles. The van der Waals surface area contributed by atoms with Gasteiger partial charge in [0.15, 0.2) is 6.54 Å². The van der Waals surface area contributed by atoms with Gasteiger partial charge in [0.1, 0.15) is 5.82 Å². The van der Waals surface area contributed by atoms with E-state index in [1.165, 1.54) is 13.2 Å². The molecular weight excluding hydrogens is 299 g/mol. The second-order valence-electron chi connectivity index (χ2n) is 6.16. The number of hydrogen-bond acceptors (Lipinski definition) is 3. The Morgan fingerprint density at radius 2 is 1.96 bits per heavy atom. The van der Waals surface area contributed by atoms with Crippen LogP contribution in [-0.2, 0) is 9.53 Å². The molecule has 23 heavy (non-hydrogen) atoms. The summed E-state index contributed by atoms with van der Waals surface area (Å²) in [7, 11) is 1.23. The van der Waals surface area contributed by atoms with E-state index in [0.717, 1.165) is 43.0 Å². The quantitative estimate of drug-likeness (QED) is 0.669. The molecule has 5 nitrogen and oxygen atoms in total. The topological polar surface area (TPSA) is 55.4 Å². The summed E-state index contributed by atoms with van der Waals surface area (Å²) in [6.07, 6.45) is 2.26. The Balaban J connectivity index is 2.22. The number of benzene rings is 1. The van der Waals surface area contributed by atoms with Crippen LogP contribution in [0, 0.1) is 12.7 Å². The van der Waals surface area contributed by atoms with Crippen LogP contribution in [0.3, 0.4) is 0 Å². The minimum absolute atomic E-state index is 0.0443. The summed E-state index contributed by atoms with van der Waals surface area (Å²) in [5, 5.41) is 2.79. The fourth-order valence-corrected chi connectivity index (χ4v) is 3.26. The minimum atomic E-state index is -0.663. The van der Waals surface area contributed by atoms with E-state index in [1.807, 2.05) is 0 Å². The van der Waals surface area contributed by atoms with Gasteiger partial charge in [0.2, 0.25) is 0 Å². The molecule has 0 aromatic heterocycles. The van der Waals surface area contributed by atoms with Crippen LogP contribution in [0.5, 0.6) is 0 Å². The Bertz CT molecular complexity index is 610. The van der Waals surface area contributed by atoms with Gasteiger partial charge in [-0.3, -0.25) is 4.79 Å². The first-order chi connectivity index (χ1) is 10.9. The number of nitrogens with zero attached hydrogens (tertiary/aromatic N) is 1. The highest BCUT2D eigenvalue weighted by Gasteiger charge is 2.33. The van der Waals surface area contributed by atoms with E-state index in [-0.39, 0.29) is 11.5 Å². The lowest BCUT2D eigenvalue weighted by Gasteiger charge is -2.32. The summed E-state index contributed by atoms with van der Waals surface area (Å²) in [5.41, 5.74) is 0.878. The van der Waals surface area contributed by atoms with Crippen molar-refractivity contribution < 1.29 is 23.2 Å². The van der Waals surface area contributed by atoms with E-state index in [9.17, 15) is 14.0 Å². The second kappa shape index (κ2) is 7.08. The lowest BCUT2D eigenvalue weighted by atomic mass is 10.1. The van der Waals surface area contributed by atoms with Crippen LogP contribution in [0.15, 0.2) is 12.1 Å². The summed E-state index contributed by atoms with van der Waals surface area (Å²) in [6.45, 7) is 7.01. The first-order valence-corrected chi connectivity index (χ1v) is 7.94. The molecule has 6 heteroatoms. The third-order valence-corrected chi connectivity index (χ3v) is 4.63. The second-order valence-corrected chi connectivity index (χ2v) is 6.16. The molecule has 1 aromatic carbocycles. The third-order valence-electron chi connectivity index (χ3n) is 4.63. The number of likely N-dealkylation sites (N-methyl/N-ethyl adjacent to an activating group) is 1. The molecule has 0 radical (unpaired) electrons. The molecule has 0 atom stereocenters. The first-order valence-electron chi connectivity index (χ1n) is 7.94. The normalized spacial score (nSPS) is 16.2. The highest BCUT2D eigenvalue weighted by molar-refractivity contribution is 6.02. The van der Waals surface area contributed by atoms with E-state index in [1.54, 1.807) is 6.92 Å². The Labute approximate surface area is 136 Å². The number of anilines is 1. The van der Waals surface area contributed by atoms with Crippen molar-refractivity contribution in [2.75, 3.05) is 38.6 Å². The van der Waals surface area contributed by atoms with Crippen LogP contribution in [0.2, 0.25) is 0 Å². The molecule has 1 saturated heterocycles. The number of rotatable bonds is 5. The standard InChI is InChI=1S/C17H23FN2O3/c1-4-20(7-5-6-8-20)11-15(21)19-16-12(2)9-13(18)10-14(16)17(22)23-3/h9-10H,4-8,11H2,1-3H3/p+1. The summed E-state index contributed by atoms with van der Waals surface area (Å²) in [5.74, 6) is -1.35. The molecule has 0 aliphatic carbocycles. The molecule has 1 aliphatic rings. The van der Waals surface area contributed by atoms with Crippen LogP contribution in [0.1, 0.15) is 35.7 Å². The Kier molecular flexibility index (Phi) is 5.36. The third kappa shape index (κ3) is 3.88. The molecule has 1 N–H and O–H groups in total. The summed E-state index contributed by atoms with van der Waals surface area (Å²) in [4.78, 5) is 24.3. The number of nitrogens with one attached hydrogen (secondary N) is 1. The number of aryl methyl sites for hydroxylation is 1. The Hall–Kier alpha value is -1.95. The van der Waals surface area contributed by atoms with Crippen molar-refractivity contribution in [1.29, 1.82) is 0 Å². The Morgan fingerprint density at radius 1 is 1.30 bits per heavy atom. The van der Waals surface area contributed by atoms with Gasteiger partial charge in [-0.25, -0.2) is 9.18 Å². The van der Waals surface area contributed by atoms with Crippen LogP contribution >= 0.6 is 0 Å². The summed E-state index contributed by atoms with van der Waals surface area (Å²) >= 11 is 0. The lowest BCUT2D eigenvalue weighted by Crippen LogP contribution is -2.50. The molecule has 0 bridgehead atoms. The number of hydrogen-bond donors (Lipinski definition) is 1. The summed E-state index contributed by atoms with van der Waals surface area (Å²) in [6, 6.07) is 2.39. The number of esters is 1. The highest BCUT2D eigenvalue weighted by Crippen LogP contribution is 2.24. The fourth-order valence-electron chi connectivity index (χ4n) is 3.26. The molecule has 1 heterocycles. The number of carbonyl (C=O) groups is 2. The van der Waals surface area contributed by atoms with E-state index in [0.29, 0.717) is 17.8 Å². The van der Waals surface area contributed by atoms with Crippen LogP contribution in [0.25, 0.3) is 0 Å². The molecular formula is C17H24FN2O3+. The van der Waals surface area contributed by atoms with Gasteiger partial charge < -0.3 is 14.5 Å². The Morgan fingerprint density at radius 3 is 2.52 bits per heavy atom. The number of likely N-dealkylation sites (tertiary alicyclic amines) is 1. The maximum atomic E-state index is 13.6. The van der Waals surface area contributed by atoms with Crippen LogP contribution < -0.4 is 5.32 Å². The number of methoxy groups -OCH3 is 1. The van der Waals surface area contributed by atoms with Crippen LogP contribution in [-0.4, -0.2) is 49.6 Å². The number of amides is 1. The zero-order valence-corrected chi connectivity index (χ0v) is 13.9.